The fourth-order valence-electron chi connectivity index (χ4n) is 0.878. The van der Waals surface area contributed by atoms with E-state index in [9.17, 15) is 9.59 Å². The molecule has 1 fully saturated rings. The average Bonchev–Trinajstić information content (AvgIpc) is 2.32. The predicted molar refractivity (Wildman–Crippen MR) is 45.8 cm³/mol. The van der Waals surface area contributed by atoms with Gasteiger partial charge in [0.2, 0.25) is 0 Å². The van der Waals surface area contributed by atoms with Gasteiger partial charge in [0.1, 0.15) is 6.54 Å². The molecule has 0 radical (unpaired) electrons. The minimum absolute atomic E-state index is 0.0590. The Hall–Kier alpha value is -1.07. The summed E-state index contributed by atoms with van der Waals surface area (Å²) < 4.78 is 0. The summed E-state index contributed by atoms with van der Waals surface area (Å²) in [7, 11) is 1.53. The third-order valence-corrected chi connectivity index (χ3v) is 1.67. The number of likely N-dealkylation sites (N-methyl/N-ethyl adjacent to an activating group) is 1. The number of carbonyl (C=O) groups is 2. The summed E-state index contributed by atoms with van der Waals surface area (Å²) >= 11 is 5.23. The van der Waals surface area contributed by atoms with Gasteiger partial charge in [0.05, 0.1) is 6.61 Å². The highest BCUT2D eigenvalue weighted by atomic mass is 35.5. The first-order chi connectivity index (χ1) is 6.16. The zero-order chi connectivity index (χ0) is 9.84. The van der Waals surface area contributed by atoms with Crippen molar-refractivity contribution in [2.75, 3.05) is 20.2 Å². The second-order valence-electron chi connectivity index (χ2n) is 2.48. The molecule has 1 rings (SSSR count). The van der Waals surface area contributed by atoms with Crippen LogP contribution in [0, 0.1) is 0 Å². The molecule has 1 aliphatic heterocycles. The van der Waals surface area contributed by atoms with Crippen molar-refractivity contribution in [3.8, 4) is 0 Å². The van der Waals surface area contributed by atoms with Gasteiger partial charge in [-0.25, -0.2) is 4.79 Å². The minimum Gasteiger partial charge on any atom is -0.316 e. The molecule has 72 valence electrons. The topological polar surface area (TPSA) is 49.9 Å². The van der Waals surface area contributed by atoms with Crippen LogP contribution in [0.15, 0.2) is 11.6 Å². The zero-order valence-corrected chi connectivity index (χ0v) is 7.82. The molecule has 0 aromatic heterocycles. The van der Waals surface area contributed by atoms with Crippen molar-refractivity contribution in [1.82, 2.24) is 9.96 Å². The van der Waals surface area contributed by atoms with Gasteiger partial charge < -0.3 is 4.90 Å². The normalized spacial score (nSPS) is 18.0. The van der Waals surface area contributed by atoms with Crippen LogP contribution in [0.25, 0.3) is 0 Å². The van der Waals surface area contributed by atoms with Crippen LogP contribution < -0.4 is 0 Å². The zero-order valence-electron chi connectivity index (χ0n) is 7.07. The van der Waals surface area contributed by atoms with Crippen LogP contribution in [0.2, 0.25) is 0 Å². The average molecular weight is 205 g/mol. The summed E-state index contributed by atoms with van der Waals surface area (Å²) in [5.74, 6) is -0.365. The highest BCUT2D eigenvalue weighted by molar-refractivity contribution is 6.25. The Morgan fingerprint density at radius 1 is 1.62 bits per heavy atom. The maximum Gasteiger partial charge on any atom is 0.351 e. The highest BCUT2D eigenvalue weighted by Crippen LogP contribution is 2.07. The van der Waals surface area contributed by atoms with Crippen molar-refractivity contribution in [2.45, 2.75) is 0 Å². The molecule has 1 saturated heterocycles. The summed E-state index contributed by atoms with van der Waals surface area (Å²) in [5.41, 5.74) is 1.26. The monoisotopic (exact) mass is 204 g/mol. The molecule has 6 heteroatoms. The van der Waals surface area contributed by atoms with Crippen LogP contribution in [0.5, 0.6) is 0 Å². The maximum absolute atomic E-state index is 11.2. The number of hydrogen-bond donors (Lipinski definition) is 0. The third-order valence-electron chi connectivity index (χ3n) is 1.49. The fourth-order valence-corrected chi connectivity index (χ4v) is 0.950. The molecule has 1 aliphatic rings. The number of amides is 3. The Bertz CT molecular complexity index is 254. The van der Waals surface area contributed by atoms with Crippen LogP contribution in [0.3, 0.4) is 0 Å². The van der Waals surface area contributed by atoms with Crippen molar-refractivity contribution in [2.24, 2.45) is 0 Å². The van der Waals surface area contributed by atoms with Gasteiger partial charge in [-0.05, 0) is 6.08 Å². The minimum atomic E-state index is -0.451. The lowest BCUT2D eigenvalue weighted by Gasteiger charge is -2.11. The Balaban J connectivity index is 2.49. The lowest BCUT2D eigenvalue weighted by Crippen LogP contribution is -2.31. The van der Waals surface area contributed by atoms with Gasteiger partial charge in [0, 0.05) is 12.6 Å². The largest absolute Gasteiger partial charge is 0.351 e. The first-order valence-electron chi connectivity index (χ1n) is 3.63. The molecule has 1 heterocycles. The molecule has 0 aromatic carbocycles. The van der Waals surface area contributed by atoms with Crippen LogP contribution >= 0.6 is 11.6 Å². The van der Waals surface area contributed by atoms with Crippen molar-refractivity contribution < 1.29 is 14.4 Å². The molecular formula is C7H9ClN2O3. The quantitative estimate of drug-likeness (QED) is 0.632. The number of halogens is 1. The molecule has 0 atom stereocenters. The summed E-state index contributed by atoms with van der Waals surface area (Å²) in [4.78, 5) is 28.4. The van der Waals surface area contributed by atoms with E-state index in [-0.39, 0.29) is 19.1 Å². The molecule has 0 aromatic rings. The molecular weight excluding hydrogens is 196 g/mol. The van der Waals surface area contributed by atoms with Gasteiger partial charge in [-0.3, -0.25) is 9.63 Å². The lowest BCUT2D eigenvalue weighted by molar-refractivity contribution is -0.158. The summed E-state index contributed by atoms with van der Waals surface area (Å²) in [6.07, 6.45) is 1.49. The van der Waals surface area contributed by atoms with E-state index >= 15 is 0 Å². The summed E-state index contributed by atoms with van der Waals surface area (Å²) in [6.45, 7) is 0.165. The lowest BCUT2D eigenvalue weighted by atomic mass is 10.6. The number of urea groups is 1. The Kier molecular flexibility index (Phi) is 3.27. The van der Waals surface area contributed by atoms with E-state index in [0.717, 1.165) is 5.06 Å². The number of carbonyl (C=O) groups excluding carboxylic acids is 2. The van der Waals surface area contributed by atoms with E-state index in [2.05, 4.69) is 0 Å². The molecule has 5 nitrogen and oxygen atoms in total. The highest BCUT2D eigenvalue weighted by Gasteiger charge is 2.34. The number of imide groups is 1. The van der Waals surface area contributed by atoms with Crippen molar-refractivity contribution in [1.29, 1.82) is 0 Å². The maximum atomic E-state index is 11.2. The standard InChI is InChI=1S/C7H9ClN2O3/c1-9-5-6(11)10(7(9)12)13-4-2-3-8/h2-3H,4-5H2,1H3/b3-2+. The summed E-state index contributed by atoms with van der Waals surface area (Å²) in [6, 6.07) is -0.451. The van der Waals surface area contributed by atoms with E-state index in [1.54, 1.807) is 0 Å². The second-order valence-corrected chi connectivity index (χ2v) is 2.74. The van der Waals surface area contributed by atoms with E-state index < -0.39 is 6.03 Å². The van der Waals surface area contributed by atoms with Crippen LogP contribution in [0.1, 0.15) is 0 Å². The molecule has 3 amide bonds. The first-order valence-corrected chi connectivity index (χ1v) is 4.06. The fraction of sp³-hybridized carbons (Fsp3) is 0.429. The van der Waals surface area contributed by atoms with Gasteiger partial charge >= 0.3 is 6.03 Å². The van der Waals surface area contributed by atoms with E-state index in [4.69, 9.17) is 16.4 Å². The van der Waals surface area contributed by atoms with Gasteiger partial charge in [-0.1, -0.05) is 11.6 Å². The SMILES string of the molecule is CN1CC(=O)N(OC/C=C/Cl)C1=O. The number of hydrogen-bond acceptors (Lipinski definition) is 3. The van der Waals surface area contributed by atoms with Crippen LogP contribution in [-0.4, -0.2) is 42.1 Å². The Morgan fingerprint density at radius 2 is 2.31 bits per heavy atom. The molecule has 13 heavy (non-hydrogen) atoms. The smallest absolute Gasteiger partial charge is 0.316 e. The Labute approximate surface area is 80.4 Å². The van der Waals surface area contributed by atoms with Crippen LogP contribution in [-0.2, 0) is 9.63 Å². The summed E-state index contributed by atoms with van der Waals surface area (Å²) in [5, 5.41) is 0.733. The van der Waals surface area contributed by atoms with E-state index in [1.165, 1.54) is 23.6 Å². The predicted octanol–water partition coefficient (Wildman–Crippen LogP) is 0.565. The molecule has 0 bridgehead atoms. The van der Waals surface area contributed by atoms with E-state index in [1.807, 2.05) is 0 Å². The van der Waals surface area contributed by atoms with Gasteiger partial charge in [-0.2, -0.15) is 0 Å². The van der Waals surface area contributed by atoms with Gasteiger partial charge in [-0.15, -0.1) is 5.06 Å². The van der Waals surface area contributed by atoms with Crippen molar-refractivity contribution in [3.63, 3.8) is 0 Å². The Morgan fingerprint density at radius 3 is 2.77 bits per heavy atom. The van der Waals surface area contributed by atoms with E-state index in [0.29, 0.717) is 0 Å². The van der Waals surface area contributed by atoms with Crippen molar-refractivity contribution in [3.05, 3.63) is 11.6 Å². The van der Waals surface area contributed by atoms with Crippen LogP contribution in [0.4, 0.5) is 4.79 Å². The van der Waals surface area contributed by atoms with Crippen molar-refractivity contribution >= 4 is 23.5 Å². The molecule has 0 unspecified atom stereocenters. The number of hydroxylamine groups is 2. The number of nitrogens with zero attached hydrogens (tertiary/aromatic N) is 2. The second kappa shape index (κ2) is 4.25. The molecule has 0 saturated carbocycles. The number of rotatable bonds is 3. The molecule has 0 N–H and O–H groups in total. The first kappa shape index (κ1) is 10.0. The van der Waals surface area contributed by atoms with Gasteiger partial charge in [0.15, 0.2) is 0 Å². The third kappa shape index (κ3) is 2.19. The molecule has 0 spiro atoms. The molecule has 0 aliphatic carbocycles. The van der Waals surface area contributed by atoms with Gasteiger partial charge in [0.25, 0.3) is 5.91 Å².